The third-order valence-corrected chi connectivity index (χ3v) is 3.83. The van der Waals surface area contributed by atoms with E-state index < -0.39 is 5.97 Å². The number of rotatable bonds is 6. The summed E-state index contributed by atoms with van der Waals surface area (Å²) in [6.45, 7) is 11.2. The van der Waals surface area contributed by atoms with Crippen molar-refractivity contribution in [1.29, 1.82) is 0 Å². The van der Waals surface area contributed by atoms with Gasteiger partial charge >= 0.3 is 5.97 Å². The summed E-state index contributed by atoms with van der Waals surface area (Å²) >= 11 is 0. The molecule has 0 bridgehead atoms. The van der Waals surface area contributed by atoms with Crippen LogP contribution >= 0.6 is 0 Å². The summed E-state index contributed by atoms with van der Waals surface area (Å²) in [6, 6.07) is 5.56. The molecule has 2 aromatic rings. The Hall–Kier alpha value is -3.15. The van der Waals surface area contributed by atoms with Crippen LogP contribution in [0.15, 0.2) is 29.8 Å². The van der Waals surface area contributed by atoms with Crippen molar-refractivity contribution in [3.8, 4) is 16.9 Å². The smallest absolute Gasteiger partial charge is 0.359 e. The van der Waals surface area contributed by atoms with E-state index in [2.05, 4.69) is 23.3 Å². The molecule has 2 N–H and O–H groups in total. The number of esters is 1. The maximum atomic E-state index is 12.3. The van der Waals surface area contributed by atoms with Crippen molar-refractivity contribution in [1.82, 2.24) is 4.98 Å². The van der Waals surface area contributed by atoms with E-state index in [9.17, 15) is 4.79 Å². The predicted molar refractivity (Wildman–Crippen MR) is 101 cm³/mol. The lowest BCUT2D eigenvalue weighted by atomic mass is 9.95. The van der Waals surface area contributed by atoms with E-state index in [1.165, 1.54) is 6.08 Å². The highest BCUT2D eigenvalue weighted by atomic mass is 16.5. The molecule has 1 heterocycles. The molecule has 1 aromatic carbocycles. The minimum atomic E-state index is -0.597. The minimum absolute atomic E-state index is 0.0290. The number of hydrogen-bond donors (Lipinski definition) is 1. The van der Waals surface area contributed by atoms with Gasteiger partial charge in [-0.15, -0.1) is 0 Å². The van der Waals surface area contributed by atoms with E-state index in [1.807, 2.05) is 25.1 Å². The molecule has 0 radical (unpaired) electrons. The van der Waals surface area contributed by atoms with Gasteiger partial charge in [-0.1, -0.05) is 18.7 Å². The molecule has 25 heavy (non-hydrogen) atoms. The van der Waals surface area contributed by atoms with Crippen molar-refractivity contribution in [3.05, 3.63) is 41.7 Å². The van der Waals surface area contributed by atoms with Gasteiger partial charge in [0.2, 0.25) is 0 Å². The summed E-state index contributed by atoms with van der Waals surface area (Å²) in [5.41, 5.74) is 9.54. The topological polar surface area (TPSA) is 86.8 Å². The Morgan fingerprint density at radius 3 is 2.72 bits per heavy atom. The van der Waals surface area contributed by atoms with Gasteiger partial charge in [0, 0.05) is 5.56 Å². The normalized spacial score (nSPS) is 10.2. The second-order valence-corrected chi connectivity index (χ2v) is 5.20. The van der Waals surface area contributed by atoms with Crippen LogP contribution < -0.4 is 10.5 Å². The lowest BCUT2D eigenvalue weighted by Crippen LogP contribution is -2.13. The summed E-state index contributed by atoms with van der Waals surface area (Å²) in [5.74, 6) is 0.0991. The van der Waals surface area contributed by atoms with Gasteiger partial charge in [0.1, 0.15) is 5.75 Å². The summed E-state index contributed by atoms with van der Waals surface area (Å²) in [4.78, 5) is 20.6. The Bertz CT molecular complexity index is 844. The summed E-state index contributed by atoms with van der Waals surface area (Å²) < 4.78 is 10.4. The first kappa shape index (κ1) is 18.2. The lowest BCUT2D eigenvalue weighted by molar-refractivity contribution is 0.0521. The monoisotopic (exact) mass is 339 g/mol. The third kappa shape index (κ3) is 3.24. The summed E-state index contributed by atoms with van der Waals surface area (Å²) in [6.07, 6.45) is 1.51. The molecular formula is C19H21N3O3. The van der Waals surface area contributed by atoms with Crippen LogP contribution in [0.3, 0.4) is 0 Å². The molecule has 0 aliphatic carbocycles. The molecular weight excluding hydrogens is 318 g/mol. The molecule has 0 saturated carbocycles. The van der Waals surface area contributed by atoms with Crippen molar-refractivity contribution < 1.29 is 14.3 Å². The third-order valence-electron chi connectivity index (χ3n) is 3.83. The maximum Gasteiger partial charge on any atom is 0.359 e. The molecule has 0 aliphatic heterocycles. The first-order chi connectivity index (χ1) is 12.0. The van der Waals surface area contributed by atoms with Crippen LogP contribution in [0.5, 0.6) is 5.75 Å². The molecule has 0 atom stereocenters. The number of hydrogen-bond acceptors (Lipinski definition) is 6. The Balaban J connectivity index is 2.88. The van der Waals surface area contributed by atoms with Gasteiger partial charge in [-0.25, -0.2) is 9.78 Å². The highest BCUT2D eigenvalue weighted by Gasteiger charge is 2.24. The van der Waals surface area contributed by atoms with Crippen LogP contribution in [0.1, 0.15) is 28.7 Å². The fourth-order valence-electron chi connectivity index (χ4n) is 2.64. The number of carbonyl (C=O) groups is 1. The van der Waals surface area contributed by atoms with Crippen molar-refractivity contribution in [2.45, 2.75) is 13.8 Å². The van der Waals surface area contributed by atoms with E-state index in [4.69, 9.17) is 15.2 Å². The zero-order valence-electron chi connectivity index (χ0n) is 14.6. The molecule has 6 nitrogen and oxygen atoms in total. The average molecular weight is 339 g/mol. The molecule has 130 valence electrons. The van der Waals surface area contributed by atoms with E-state index >= 15 is 0 Å². The second kappa shape index (κ2) is 7.61. The number of nitrogens with two attached hydrogens (primary N) is 1. The van der Waals surface area contributed by atoms with Crippen LogP contribution in [0.4, 0.5) is 11.4 Å². The molecule has 0 aliphatic rings. The van der Waals surface area contributed by atoms with Crippen LogP contribution in [0, 0.1) is 6.92 Å². The largest absolute Gasteiger partial charge is 0.496 e. The van der Waals surface area contributed by atoms with Gasteiger partial charge < -0.3 is 15.2 Å². The summed E-state index contributed by atoms with van der Waals surface area (Å²) in [5, 5.41) is 0. The molecule has 0 spiro atoms. The standard InChI is InChI=1S/C19H21N3O3/c1-6-13-17(21-4)15(12-9-8-10-14(24-5)11(12)3)16(20)18(22-13)19(23)25-7-2/h6,8-10H,1,4,7,20H2,2-3,5H3. The highest BCUT2D eigenvalue weighted by Crippen LogP contribution is 2.42. The van der Waals surface area contributed by atoms with Crippen molar-refractivity contribution in [2.24, 2.45) is 4.99 Å². The van der Waals surface area contributed by atoms with E-state index in [0.29, 0.717) is 22.7 Å². The predicted octanol–water partition coefficient (Wildman–Crippen LogP) is 3.80. The molecule has 0 saturated heterocycles. The Morgan fingerprint density at radius 1 is 1.44 bits per heavy atom. The van der Waals surface area contributed by atoms with Crippen LogP contribution in [-0.2, 0) is 4.74 Å². The molecule has 0 amide bonds. The zero-order valence-corrected chi connectivity index (χ0v) is 14.6. The lowest BCUT2D eigenvalue weighted by Gasteiger charge is -2.17. The molecule has 1 aromatic heterocycles. The van der Waals surface area contributed by atoms with Crippen molar-refractivity contribution in [3.63, 3.8) is 0 Å². The molecule has 2 rings (SSSR count). The van der Waals surface area contributed by atoms with Gasteiger partial charge in [0.05, 0.1) is 30.8 Å². The summed E-state index contributed by atoms with van der Waals surface area (Å²) in [7, 11) is 1.59. The van der Waals surface area contributed by atoms with Gasteiger partial charge in [0.15, 0.2) is 5.69 Å². The minimum Gasteiger partial charge on any atom is -0.496 e. The van der Waals surface area contributed by atoms with E-state index in [0.717, 1.165) is 11.1 Å². The number of pyridine rings is 1. The quantitative estimate of drug-likeness (QED) is 0.639. The van der Waals surface area contributed by atoms with Gasteiger partial charge in [-0.05, 0) is 43.8 Å². The van der Waals surface area contributed by atoms with Crippen molar-refractivity contribution in [2.75, 3.05) is 19.5 Å². The zero-order chi connectivity index (χ0) is 18.6. The molecule has 0 fully saturated rings. The number of nitrogen functional groups attached to an aromatic ring is 1. The van der Waals surface area contributed by atoms with Gasteiger partial charge in [-0.3, -0.25) is 4.99 Å². The Kier molecular flexibility index (Phi) is 5.54. The fourth-order valence-corrected chi connectivity index (χ4v) is 2.64. The first-order valence-electron chi connectivity index (χ1n) is 7.73. The molecule has 6 heteroatoms. The number of ether oxygens (including phenoxy) is 2. The average Bonchev–Trinajstić information content (AvgIpc) is 2.61. The van der Waals surface area contributed by atoms with Crippen molar-refractivity contribution >= 4 is 30.1 Å². The number of methoxy groups -OCH3 is 1. The Labute approximate surface area is 147 Å². The number of aliphatic imine (C=N–C) groups is 1. The van der Waals surface area contributed by atoms with Crippen LogP contribution in [0.25, 0.3) is 17.2 Å². The fraction of sp³-hybridized carbons (Fsp3) is 0.211. The highest BCUT2D eigenvalue weighted by molar-refractivity contribution is 6.02. The SMILES string of the molecule is C=Cc1nc(C(=O)OCC)c(N)c(-c2cccc(OC)c2C)c1N=C. The second-order valence-electron chi connectivity index (χ2n) is 5.20. The number of aromatic nitrogens is 1. The molecule has 0 unspecified atom stereocenters. The van der Waals surface area contributed by atoms with E-state index in [-0.39, 0.29) is 18.0 Å². The first-order valence-corrected chi connectivity index (χ1v) is 7.73. The number of anilines is 1. The van der Waals surface area contributed by atoms with E-state index in [1.54, 1.807) is 14.0 Å². The number of nitrogens with zero attached hydrogens (tertiary/aromatic N) is 2. The number of benzene rings is 1. The maximum absolute atomic E-state index is 12.3. The Morgan fingerprint density at radius 2 is 2.16 bits per heavy atom. The van der Waals surface area contributed by atoms with Gasteiger partial charge in [-0.2, -0.15) is 0 Å². The van der Waals surface area contributed by atoms with Gasteiger partial charge in [0.25, 0.3) is 0 Å². The number of carbonyl (C=O) groups excluding carboxylic acids is 1. The van der Waals surface area contributed by atoms with Crippen LogP contribution in [-0.4, -0.2) is 31.4 Å². The van der Waals surface area contributed by atoms with Crippen LogP contribution in [0.2, 0.25) is 0 Å².